The second kappa shape index (κ2) is 10.6. The van der Waals surface area contributed by atoms with E-state index in [4.69, 9.17) is 0 Å². The van der Waals surface area contributed by atoms with E-state index < -0.39 is 15.5 Å². The molecule has 34 heavy (non-hydrogen) atoms. The highest BCUT2D eigenvalue weighted by Crippen LogP contribution is 2.53. The molecule has 0 saturated carbocycles. The standard InChI is InChI=1S/C28H29N3OP2/c32-34(27-17-9-3-10-18-27,28-19-11-4-12-20-28)29-21-24-33-30(25-13-5-1-6-14-25)22-23-31(33)26-15-7-2-8-16-26/h1-20H,21-24H2,(H,29,32). The molecule has 5 rings (SSSR count). The molecule has 1 fully saturated rings. The third-order valence-electron chi connectivity index (χ3n) is 6.08. The van der Waals surface area contributed by atoms with Crippen LogP contribution in [0.15, 0.2) is 121 Å². The monoisotopic (exact) mass is 485 g/mol. The minimum atomic E-state index is -2.94. The Morgan fingerprint density at radius 2 is 1.00 bits per heavy atom. The summed E-state index contributed by atoms with van der Waals surface area (Å²) in [6, 6.07) is 40.9. The first kappa shape index (κ1) is 22.9. The molecule has 0 unspecified atom stereocenters. The lowest BCUT2D eigenvalue weighted by atomic mass is 10.3. The lowest BCUT2D eigenvalue weighted by Crippen LogP contribution is -2.30. The van der Waals surface area contributed by atoms with Gasteiger partial charge in [-0.1, -0.05) is 72.8 Å². The van der Waals surface area contributed by atoms with Crippen molar-refractivity contribution in [3.63, 3.8) is 0 Å². The number of benzene rings is 4. The number of nitrogens with one attached hydrogen (secondary N) is 1. The smallest absolute Gasteiger partial charge is 0.204 e. The van der Waals surface area contributed by atoms with Crippen LogP contribution in [0.2, 0.25) is 0 Å². The van der Waals surface area contributed by atoms with E-state index in [-0.39, 0.29) is 0 Å². The molecule has 1 aliphatic heterocycles. The van der Waals surface area contributed by atoms with E-state index in [0.717, 1.165) is 29.9 Å². The van der Waals surface area contributed by atoms with E-state index in [9.17, 15) is 4.57 Å². The molecule has 4 aromatic rings. The van der Waals surface area contributed by atoms with Crippen molar-refractivity contribution in [2.45, 2.75) is 0 Å². The van der Waals surface area contributed by atoms with E-state index in [2.05, 4.69) is 75.1 Å². The molecule has 0 aliphatic carbocycles. The van der Waals surface area contributed by atoms with Crippen LogP contribution in [0.4, 0.5) is 11.4 Å². The fourth-order valence-corrected chi connectivity index (χ4v) is 9.38. The molecule has 0 amide bonds. The number of anilines is 2. The maximum atomic E-state index is 14.4. The van der Waals surface area contributed by atoms with Crippen LogP contribution in [0, 0.1) is 0 Å². The molecular formula is C28H29N3OP2. The summed E-state index contributed by atoms with van der Waals surface area (Å²) in [7, 11) is -3.57. The Kier molecular flexibility index (Phi) is 7.11. The van der Waals surface area contributed by atoms with Crippen LogP contribution >= 0.6 is 15.5 Å². The van der Waals surface area contributed by atoms with E-state index >= 15 is 0 Å². The van der Waals surface area contributed by atoms with Gasteiger partial charge in [0.2, 0.25) is 7.29 Å². The van der Waals surface area contributed by atoms with Crippen molar-refractivity contribution in [2.24, 2.45) is 0 Å². The molecule has 1 N–H and O–H groups in total. The summed E-state index contributed by atoms with van der Waals surface area (Å²) in [5, 5.41) is 5.21. The van der Waals surface area contributed by atoms with E-state index in [1.807, 2.05) is 60.7 Å². The summed E-state index contributed by atoms with van der Waals surface area (Å²) in [5.41, 5.74) is 2.50. The normalized spacial score (nSPS) is 14.5. The Bertz CT molecular complexity index is 1130. The van der Waals surface area contributed by atoms with Crippen LogP contribution in [-0.2, 0) is 4.57 Å². The van der Waals surface area contributed by atoms with Crippen molar-refractivity contribution >= 4 is 37.5 Å². The largest absolute Gasteiger partial charge is 0.332 e. The Morgan fingerprint density at radius 1 is 0.618 bits per heavy atom. The van der Waals surface area contributed by atoms with Gasteiger partial charge >= 0.3 is 0 Å². The third-order valence-corrected chi connectivity index (χ3v) is 11.4. The Balaban J connectivity index is 1.40. The van der Waals surface area contributed by atoms with Gasteiger partial charge in [0.15, 0.2) is 0 Å². The average Bonchev–Trinajstić information content (AvgIpc) is 3.34. The van der Waals surface area contributed by atoms with E-state index in [1.165, 1.54) is 11.4 Å². The quantitative estimate of drug-likeness (QED) is 0.318. The SMILES string of the molecule is O=P(NCCP1N(c2ccccc2)CCN1c1ccccc1)(c1ccccc1)c1ccccc1. The average molecular weight is 486 g/mol. The second-order valence-electron chi connectivity index (χ2n) is 8.20. The molecule has 4 aromatic carbocycles. The van der Waals surface area contributed by atoms with Gasteiger partial charge in [-0.05, 0) is 48.5 Å². The van der Waals surface area contributed by atoms with Crippen molar-refractivity contribution in [1.82, 2.24) is 5.09 Å². The predicted octanol–water partition coefficient (Wildman–Crippen LogP) is 5.84. The Labute approximate surface area is 203 Å². The van der Waals surface area contributed by atoms with E-state index in [1.54, 1.807) is 0 Å². The number of rotatable bonds is 8. The molecule has 0 spiro atoms. The third kappa shape index (κ3) is 4.81. The molecule has 6 heteroatoms. The summed E-state index contributed by atoms with van der Waals surface area (Å²) in [5.74, 6) is 0. The Hall–Kier alpha value is -2.90. The van der Waals surface area contributed by atoms with Crippen molar-refractivity contribution in [1.29, 1.82) is 0 Å². The lowest BCUT2D eigenvalue weighted by Gasteiger charge is -2.33. The molecule has 4 nitrogen and oxygen atoms in total. The number of nitrogens with zero attached hydrogens (tertiary/aromatic N) is 2. The highest BCUT2D eigenvalue weighted by molar-refractivity contribution is 7.77. The highest BCUT2D eigenvalue weighted by Gasteiger charge is 2.34. The molecule has 0 atom stereocenters. The molecule has 0 aromatic heterocycles. The maximum Gasteiger partial charge on any atom is 0.204 e. The van der Waals surface area contributed by atoms with Gasteiger partial charge in [0, 0.05) is 47.8 Å². The first-order valence-corrected chi connectivity index (χ1v) is 14.8. The number of hydrogen-bond donors (Lipinski definition) is 1. The van der Waals surface area contributed by atoms with Gasteiger partial charge in [-0.3, -0.25) is 9.65 Å². The van der Waals surface area contributed by atoms with Gasteiger partial charge in [0.25, 0.3) is 0 Å². The van der Waals surface area contributed by atoms with Gasteiger partial charge < -0.3 is 9.34 Å². The predicted molar refractivity (Wildman–Crippen MR) is 147 cm³/mol. The van der Waals surface area contributed by atoms with E-state index in [0.29, 0.717) is 6.54 Å². The molecule has 172 valence electrons. The molecule has 0 radical (unpaired) electrons. The van der Waals surface area contributed by atoms with Crippen molar-refractivity contribution in [3.05, 3.63) is 121 Å². The zero-order chi connectivity index (χ0) is 23.2. The van der Waals surface area contributed by atoms with Crippen LogP contribution in [0.5, 0.6) is 0 Å². The van der Waals surface area contributed by atoms with Gasteiger partial charge in [0.1, 0.15) is 0 Å². The molecule has 1 heterocycles. The fraction of sp³-hybridized carbons (Fsp3) is 0.143. The van der Waals surface area contributed by atoms with Crippen molar-refractivity contribution < 1.29 is 4.57 Å². The fourth-order valence-electron chi connectivity index (χ4n) is 4.43. The highest BCUT2D eigenvalue weighted by atomic mass is 31.2. The maximum absolute atomic E-state index is 14.4. The van der Waals surface area contributed by atoms with Crippen molar-refractivity contribution in [3.8, 4) is 0 Å². The molecular weight excluding hydrogens is 456 g/mol. The first-order valence-electron chi connectivity index (χ1n) is 11.6. The van der Waals surface area contributed by atoms with Gasteiger partial charge in [-0.2, -0.15) is 0 Å². The van der Waals surface area contributed by atoms with Gasteiger partial charge in [-0.25, -0.2) is 0 Å². The van der Waals surface area contributed by atoms with Crippen LogP contribution in [0.25, 0.3) is 0 Å². The van der Waals surface area contributed by atoms with Gasteiger partial charge in [-0.15, -0.1) is 0 Å². The van der Waals surface area contributed by atoms with Crippen molar-refractivity contribution in [2.75, 3.05) is 35.1 Å². The minimum Gasteiger partial charge on any atom is -0.332 e. The topological polar surface area (TPSA) is 35.6 Å². The summed E-state index contributed by atoms with van der Waals surface area (Å²) >= 11 is 0. The zero-order valence-electron chi connectivity index (χ0n) is 19.1. The summed E-state index contributed by atoms with van der Waals surface area (Å²) < 4.78 is 19.4. The molecule has 1 aliphatic rings. The minimum absolute atomic E-state index is 0.632. The van der Waals surface area contributed by atoms with Crippen LogP contribution in [0.1, 0.15) is 0 Å². The first-order chi connectivity index (χ1) is 16.8. The zero-order valence-corrected chi connectivity index (χ0v) is 20.9. The second-order valence-corrected chi connectivity index (χ2v) is 12.9. The molecule has 0 bridgehead atoms. The Morgan fingerprint density at radius 3 is 1.41 bits per heavy atom. The summed E-state index contributed by atoms with van der Waals surface area (Å²) in [6.45, 7) is 2.64. The van der Waals surface area contributed by atoms with Crippen LogP contribution in [-0.4, -0.2) is 25.8 Å². The summed E-state index contributed by atoms with van der Waals surface area (Å²) in [4.78, 5) is 0. The lowest BCUT2D eigenvalue weighted by molar-refractivity contribution is 0.579. The van der Waals surface area contributed by atoms with Gasteiger partial charge in [0.05, 0.1) is 8.22 Å². The number of hydrogen-bond acceptors (Lipinski definition) is 3. The molecule has 1 saturated heterocycles. The van der Waals surface area contributed by atoms with Crippen LogP contribution < -0.4 is 25.0 Å². The number of para-hydroxylation sites is 2. The van der Waals surface area contributed by atoms with Crippen LogP contribution in [0.3, 0.4) is 0 Å². The summed E-state index contributed by atoms with van der Waals surface area (Å²) in [6.07, 6.45) is 0.906.